The smallest absolute Gasteiger partial charge is 0.170 e. The second-order valence-corrected chi connectivity index (χ2v) is 5.58. The number of hydrogen-bond acceptors (Lipinski definition) is 4. The number of halogens is 1. The average Bonchev–Trinajstić information content (AvgIpc) is 2.98. The van der Waals surface area contributed by atoms with Gasteiger partial charge >= 0.3 is 0 Å². The first-order valence-electron chi connectivity index (χ1n) is 7.32. The number of hydrogen-bond donors (Lipinski definition) is 3. The van der Waals surface area contributed by atoms with Gasteiger partial charge in [0.25, 0.3) is 0 Å². The van der Waals surface area contributed by atoms with E-state index in [1.807, 2.05) is 0 Å². The quantitative estimate of drug-likeness (QED) is 0.322. The van der Waals surface area contributed by atoms with Crippen molar-refractivity contribution in [3.05, 3.63) is 35.1 Å². The fourth-order valence-corrected chi connectivity index (χ4v) is 2.70. The van der Waals surface area contributed by atoms with Crippen molar-refractivity contribution in [2.24, 2.45) is 10.9 Å². The molecule has 4 N–H and O–H groups in total. The zero-order valence-corrected chi connectivity index (χ0v) is 12.3. The SMILES string of the molecule is CC(CN1CCCC1)NCc1ccc(F)cc1C(N)=NO. The van der Waals surface area contributed by atoms with E-state index in [9.17, 15) is 4.39 Å². The summed E-state index contributed by atoms with van der Waals surface area (Å²) >= 11 is 0. The molecule has 0 radical (unpaired) electrons. The fraction of sp³-hybridized carbons (Fsp3) is 0.533. The Balaban J connectivity index is 1.95. The molecular weight excluding hydrogens is 271 g/mol. The first-order valence-corrected chi connectivity index (χ1v) is 7.32. The molecule has 1 atom stereocenters. The first-order chi connectivity index (χ1) is 10.1. The minimum Gasteiger partial charge on any atom is -0.409 e. The van der Waals surface area contributed by atoms with Gasteiger partial charge in [0.15, 0.2) is 5.84 Å². The van der Waals surface area contributed by atoms with Gasteiger partial charge < -0.3 is 21.2 Å². The maximum atomic E-state index is 13.3. The molecule has 1 saturated heterocycles. The Morgan fingerprint density at radius 2 is 2.19 bits per heavy atom. The predicted octanol–water partition coefficient (Wildman–Crippen LogP) is 1.49. The molecule has 0 aliphatic carbocycles. The van der Waals surface area contributed by atoms with E-state index < -0.39 is 5.82 Å². The second-order valence-electron chi connectivity index (χ2n) is 5.58. The van der Waals surface area contributed by atoms with Crippen molar-refractivity contribution in [1.29, 1.82) is 0 Å². The van der Waals surface area contributed by atoms with E-state index in [0.717, 1.165) is 25.2 Å². The maximum absolute atomic E-state index is 13.3. The van der Waals surface area contributed by atoms with Crippen LogP contribution in [-0.4, -0.2) is 41.6 Å². The zero-order chi connectivity index (χ0) is 15.2. The Labute approximate surface area is 124 Å². The van der Waals surface area contributed by atoms with E-state index in [2.05, 4.69) is 22.3 Å². The lowest BCUT2D eigenvalue weighted by atomic mass is 10.1. The van der Waals surface area contributed by atoms with Gasteiger partial charge in [-0.05, 0) is 50.6 Å². The van der Waals surface area contributed by atoms with Crippen molar-refractivity contribution in [3.8, 4) is 0 Å². The number of likely N-dealkylation sites (tertiary alicyclic amines) is 1. The van der Waals surface area contributed by atoms with E-state index >= 15 is 0 Å². The van der Waals surface area contributed by atoms with Gasteiger partial charge in [-0.25, -0.2) is 4.39 Å². The molecule has 2 rings (SSSR count). The summed E-state index contributed by atoms with van der Waals surface area (Å²) in [5.74, 6) is -0.469. The molecule has 116 valence electrons. The Hall–Kier alpha value is -1.66. The minimum absolute atomic E-state index is 0.0708. The normalized spacial score (nSPS) is 18.1. The van der Waals surface area contributed by atoms with Gasteiger partial charge in [-0.15, -0.1) is 0 Å². The average molecular weight is 294 g/mol. The van der Waals surface area contributed by atoms with Gasteiger partial charge in [-0.1, -0.05) is 11.2 Å². The molecule has 1 heterocycles. The largest absolute Gasteiger partial charge is 0.409 e. The summed E-state index contributed by atoms with van der Waals surface area (Å²) in [5, 5.41) is 15.2. The topological polar surface area (TPSA) is 73.9 Å². The molecule has 6 heteroatoms. The van der Waals surface area contributed by atoms with Crippen molar-refractivity contribution >= 4 is 5.84 Å². The highest BCUT2D eigenvalue weighted by atomic mass is 19.1. The van der Waals surface area contributed by atoms with Crippen molar-refractivity contribution in [1.82, 2.24) is 10.2 Å². The van der Waals surface area contributed by atoms with Crippen LogP contribution in [0.2, 0.25) is 0 Å². The number of nitrogens with two attached hydrogens (primary N) is 1. The van der Waals surface area contributed by atoms with Crippen LogP contribution >= 0.6 is 0 Å². The van der Waals surface area contributed by atoms with Crippen LogP contribution in [0.3, 0.4) is 0 Å². The Kier molecular flexibility index (Phi) is 5.52. The van der Waals surface area contributed by atoms with Gasteiger partial charge in [0.05, 0.1) is 0 Å². The fourth-order valence-electron chi connectivity index (χ4n) is 2.70. The molecule has 0 aromatic heterocycles. The summed E-state index contributed by atoms with van der Waals surface area (Å²) in [6, 6.07) is 4.67. The van der Waals surface area contributed by atoms with Gasteiger partial charge in [-0.3, -0.25) is 0 Å². The Morgan fingerprint density at radius 1 is 1.48 bits per heavy atom. The van der Waals surface area contributed by atoms with Crippen molar-refractivity contribution in [3.63, 3.8) is 0 Å². The van der Waals surface area contributed by atoms with E-state index in [-0.39, 0.29) is 5.84 Å². The van der Waals surface area contributed by atoms with Crippen LogP contribution in [0, 0.1) is 5.82 Å². The lowest BCUT2D eigenvalue weighted by Gasteiger charge is -2.21. The molecule has 0 spiro atoms. The van der Waals surface area contributed by atoms with Crippen LogP contribution in [0.25, 0.3) is 0 Å². The molecule has 1 aromatic carbocycles. The summed E-state index contributed by atoms with van der Waals surface area (Å²) in [6.45, 7) is 6.02. The molecule has 1 aromatic rings. The highest BCUT2D eigenvalue weighted by molar-refractivity contribution is 5.98. The number of nitrogens with zero attached hydrogens (tertiary/aromatic N) is 2. The highest BCUT2D eigenvalue weighted by Gasteiger charge is 2.15. The summed E-state index contributed by atoms with van der Waals surface area (Å²) in [7, 11) is 0. The second kappa shape index (κ2) is 7.38. The predicted molar refractivity (Wildman–Crippen MR) is 80.9 cm³/mol. The zero-order valence-electron chi connectivity index (χ0n) is 12.3. The van der Waals surface area contributed by atoms with Crippen LogP contribution in [0.1, 0.15) is 30.9 Å². The number of rotatable bonds is 6. The maximum Gasteiger partial charge on any atom is 0.170 e. The van der Waals surface area contributed by atoms with Gasteiger partial charge in [0.1, 0.15) is 5.82 Å². The van der Waals surface area contributed by atoms with Gasteiger partial charge in [0.2, 0.25) is 0 Å². The van der Waals surface area contributed by atoms with Crippen molar-refractivity contribution in [2.45, 2.75) is 32.4 Å². The molecular formula is C15H23FN4O. The van der Waals surface area contributed by atoms with Crippen LogP contribution in [0.5, 0.6) is 0 Å². The molecule has 1 fully saturated rings. The molecule has 1 unspecified atom stereocenters. The number of oxime groups is 1. The van der Waals surface area contributed by atoms with Crippen molar-refractivity contribution in [2.75, 3.05) is 19.6 Å². The Bertz CT molecular complexity index is 500. The van der Waals surface area contributed by atoms with Gasteiger partial charge in [0, 0.05) is 24.7 Å². The van der Waals surface area contributed by atoms with Crippen molar-refractivity contribution < 1.29 is 9.60 Å². The number of benzene rings is 1. The van der Waals surface area contributed by atoms with E-state index in [1.54, 1.807) is 6.07 Å². The molecule has 5 nitrogen and oxygen atoms in total. The summed E-state index contributed by atoms with van der Waals surface area (Å²) in [5.41, 5.74) is 6.85. The summed E-state index contributed by atoms with van der Waals surface area (Å²) < 4.78 is 13.3. The molecule has 0 amide bonds. The third kappa shape index (κ3) is 4.41. The van der Waals surface area contributed by atoms with E-state index in [4.69, 9.17) is 10.9 Å². The lowest BCUT2D eigenvalue weighted by Crippen LogP contribution is -2.37. The van der Waals surface area contributed by atoms with Crippen LogP contribution in [-0.2, 0) is 6.54 Å². The Morgan fingerprint density at radius 3 is 2.86 bits per heavy atom. The minimum atomic E-state index is -0.398. The summed E-state index contributed by atoms with van der Waals surface area (Å²) in [6.07, 6.45) is 2.55. The molecule has 21 heavy (non-hydrogen) atoms. The van der Waals surface area contributed by atoms with E-state index in [0.29, 0.717) is 18.2 Å². The summed E-state index contributed by atoms with van der Waals surface area (Å²) in [4.78, 5) is 2.44. The third-order valence-corrected chi connectivity index (χ3v) is 3.83. The standard InChI is InChI=1S/C15H23FN4O/c1-11(10-20-6-2-3-7-20)18-9-12-4-5-13(16)8-14(12)15(17)19-21/h4-5,8,11,18,21H,2-3,6-7,9-10H2,1H3,(H2,17,19). The van der Waals surface area contributed by atoms with Crippen LogP contribution < -0.4 is 11.1 Å². The van der Waals surface area contributed by atoms with E-state index in [1.165, 1.54) is 25.0 Å². The highest BCUT2D eigenvalue weighted by Crippen LogP contribution is 2.12. The van der Waals surface area contributed by atoms with Crippen LogP contribution in [0.4, 0.5) is 4.39 Å². The molecule has 1 aliphatic rings. The molecule has 1 aliphatic heterocycles. The third-order valence-electron chi connectivity index (χ3n) is 3.83. The lowest BCUT2D eigenvalue weighted by molar-refractivity contribution is 0.298. The number of amidine groups is 1. The number of nitrogens with one attached hydrogen (secondary N) is 1. The van der Waals surface area contributed by atoms with Crippen LogP contribution in [0.15, 0.2) is 23.4 Å². The van der Waals surface area contributed by atoms with Gasteiger partial charge in [-0.2, -0.15) is 0 Å². The monoisotopic (exact) mass is 294 g/mol. The first kappa shape index (κ1) is 15.7. The molecule has 0 bridgehead atoms. The molecule has 0 saturated carbocycles.